The molecule has 2 N–H and O–H groups in total. The van der Waals surface area contributed by atoms with Crippen LogP contribution in [0.4, 0.5) is 5.69 Å². The Labute approximate surface area is 183 Å². The van der Waals surface area contributed by atoms with Crippen LogP contribution in [0.2, 0.25) is 0 Å². The van der Waals surface area contributed by atoms with Gasteiger partial charge in [0, 0.05) is 24.2 Å². The van der Waals surface area contributed by atoms with Crippen molar-refractivity contribution in [3.8, 4) is 11.5 Å². The van der Waals surface area contributed by atoms with Crippen LogP contribution in [0.1, 0.15) is 50.5 Å². The Kier molecular flexibility index (Phi) is 7.07. The summed E-state index contributed by atoms with van der Waals surface area (Å²) >= 11 is 0. The van der Waals surface area contributed by atoms with Crippen LogP contribution in [-0.4, -0.2) is 24.5 Å². The number of carbonyl (C=O) groups excluding carboxylic acids is 2. The number of ether oxygens (including phenoxy) is 2. The molecule has 0 bridgehead atoms. The van der Waals surface area contributed by atoms with E-state index in [9.17, 15) is 9.59 Å². The number of nitrogens with one attached hydrogen (secondary N) is 2. The SMILES string of the molecule is O=C(COc1cccc(NC(=O)C2CC2)c1)NCc1cccc(OC2CCCCC2)c1. The molecule has 0 heterocycles. The van der Waals surface area contributed by atoms with Crippen molar-refractivity contribution < 1.29 is 19.1 Å². The van der Waals surface area contributed by atoms with E-state index in [0.717, 1.165) is 37.0 Å². The summed E-state index contributed by atoms with van der Waals surface area (Å²) in [6.07, 6.45) is 8.21. The first-order valence-corrected chi connectivity index (χ1v) is 11.2. The molecule has 0 aromatic heterocycles. The smallest absolute Gasteiger partial charge is 0.258 e. The molecule has 4 rings (SSSR count). The van der Waals surface area contributed by atoms with E-state index in [0.29, 0.717) is 24.1 Å². The summed E-state index contributed by atoms with van der Waals surface area (Å²) in [5.74, 6) is 1.39. The zero-order valence-electron chi connectivity index (χ0n) is 17.8. The number of carbonyl (C=O) groups is 2. The lowest BCUT2D eigenvalue weighted by molar-refractivity contribution is -0.123. The van der Waals surface area contributed by atoms with Gasteiger partial charge < -0.3 is 20.1 Å². The van der Waals surface area contributed by atoms with Crippen molar-refractivity contribution >= 4 is 17.5 Å². The summed E-state index contributed by atoms with van der Waals surface area (Å²) < 4.78 is 11.7. The molecule has 2 aromatic rings. The molecule has 0 spiro atoms. The molecule has 6 heteroatoms. The van der Waals surface area contributed by atoms with Crippen molar-refractivity contribution in [3.05, 3.63) is 54.1 Å². The lowest BCUT2D eigenvalue weighted by Gasteiger charge is -2.23. The fraction of sp³-hybridized carbons (Fsp3) is 0.440. The van der Waals surface area contributed by atoms with E-state index in [2.05, 4.69) is 10.6 Å². The summed E-state index contributed by atoms with van der Waals surface area (Å²) in [6, 6.07) is 15.0. The van der Waals surface area contributed by atoms with Crippen molar-refractivity contribution in [2.75, 3.05) is 11.9 Å². The van der Waals surface area contributed by atoms with E-state index in [1.54, 1.807) is 18.2 Å². The number of anilines is 1. The largest absolute Gasteiger partial charge is 0.490 e. The van der Waals surface area contributed by atoms with Crippen molar-refractivity contribution in [2.45, 2.75) is 57.6 Å². The molecule has 164 valence electrons. The molecule has 0 saturated heterocycles. The molecule has 2 saturated carbocycles. The average molecular weight is 423 g/mol. The van der Waals surface area contributed by atoms with Crippen LogP contribution in [0.25, 0.3) is 0 Å². The van der Waals surface area contributed by atoms with Gasteiger partial charge in [-0.1, -0.05) is 24.6 Å². The van der Waals surface area contributed by atoms with Crippen LogP contribution in [0.15, 0.2) is 48.5 Å². The normalized spacial score (nSPS) is 16.4. The molecule has 0 radical (unpaired) electrons. The first kappa shape index (κ1) is 21.2. The van der Waals surface area contributed by atoms with Crippen molar-refractivity contribution in [2.24, 2.45) is 5.92 Å². The summed E-state index contributed by atoms with van der Waals surface area (Å²) in [6.45, 7) is 0.333. The molecule has 0 atom stereocenters. The second-order valence-corrected chi connectivity index (χ2v) is 8.38. The number of rotatable bonds is 9. The summed E-state index contributed by atoms with van der Waals surface area (Å²) in [5, 5.41) is 5.76. The topological polar surface area (TPSA) is 76.7 Å². The third-order valence-electron chi connectivity index (χ3n) is 5.66. The fourth-order valence-corrected chi connectivity index (χ4v) is 3.76. The second kappa shape index (κ2) is 10.3. The predicted octanol–water partition coefficient (Wildman–Crippen LogP) is 4.44. The molecule has 2 amide bonds. The number of benzene rings is 2. The van der Waals surface area contributed by atoms with Crippen molar-refractivity contribution in [1.82, 2.24) is 5.32 Å². The number of hydrogen-bond acceptors (Lipinski definition) is 4. The van der Waals surface area contributed by atoms with Crippen molar-refractivity contribution in [1.29, 1.82) is 0 Å². The highest BCUT2D eigenvalue weighted by Crippen LogP contribution is 2.30. The maximum atomic E-state index is 12.2. The molecular weight excluding hydrogens is 392 g/mol. The molecule has 0 unspecified atom stereocenters. The standard InChI is InChI=1S/C25H30N2O4/c28-24(17-30-22-10-5-7-20(15-22)27-25(29)19-12-13-19)26-16-18-6-4-11-23(14-18)31-21-8-2-1-3-9-21/h4-7,10-11,14-15,19,21H,1-3,8-9,12-13,16-17H2,(H,26,28)(H,27,29). The van der Waals surface area contributed by atoms with E-state index < -0.39 is 0 Å². The lowest BCUT2D eigenvalue weighted by Crippen LogP contribution is -2.28. The van der Waals surface area contributed by atoms with Crippen LogP contribution in [0.5, 0.6) is 11.5 Å². The zero-order valence-corrected chi connectivity index (χ0v) is 17.8. The van der Waals surface area contributed by atoms with Crippen LogP contribution in [0.3, 0.4) is 0 Å². The third kappa shape index (κ3) is 6.74. The Morgan fingerprint density at radius 3 is 2.48 bits per heavy atom. The Balaban J connectivity index is 1.21. The molecule has 2 aromatic carbocycles. The van der Waals surface area contributed by atoms with Crippen molar-refractivity contribution in [3.63, 3.8) is 0 Å². The van der Waals surface area contributed by atoms with Gasteiger partial charge >= 0.3 is 0 Å². The fourth-order valence-electron chi connectivity index (χ4n) is 3.76. The summed E-state index contributed by atoms with van der Waals surface area (Å²) in [5.41, 5.74) is 1.68. The monoisotopic (exact) mass is 422 g/mol. The van der Waals surface area contributed by atoms with Gasteiger partial charge in [0.25, 0.3) is 5.91 Å². The number of hydrogen-bond donors (Lipinski definition) is 2. The molecule has 2 aliphatic carbocycles. The molecule has 0 aliphatic heterocycles. The molecule has 6 nitrogen and oxygen atoms in total. The minimum atomic E-state index is -0.203. The van der Waals surface area contributed by atoms with Gasteiger partial charge in [-0.2, -0.15) is 0 Å². The Morgan fingerprint density at radius 1 is 0.903 bits per heavy atom. The van der Waals surface area contributed by atoms with E-state index in [4.69, 9.17) is 9.47 Å². The molecule has 2 fully saturated rings. The summed E-state index contributed by atoms with van der Waals surface area (Å²) in [4.78, 5) is 24.1. The maximum absolute atomic E-state index is 12.2. The minimum absolute atomic E-state index is 0.0459. The number of amides is 2. The Morgan fingerprint density at radius 2 is 1.68 bits per heavy atom. The van der Waals surface area contributed by atoms with Crippen LogP contribution < -0.4 is 20.1 Å². The van der Waals surface area contributed by atoms with Gasteiger partial charge in [-0.25, -0.2) is 0 Å². The minimum Gasteiger partial charge on any atom is -0.490 e. The highest BCUT2D eigenvalue weighted by molar-refractivity contribution is 5.94. The van der Waals surface area contributed by atoms with E-state index >= 15 is 0 Å². The zero-order chi connectivity index (χ0) is 21.5. The Bertz CT molecular complexity index is 904. The maximum Gasteiger partial charge on any atom is 0.258 e. The molecule has 31 heavy (non-hydrogen) atoms. The quantitative estimate of drug-likeness (QED) is 0.626. The third-order valence-corrected chi connectivity index (χ3v) is 5.66. The molecular formula is C25H30N2O4. The molecule has 2 aliphatic rings. The van der Waals surface area contributed by atoms with E-state index in [-0.39, 0.29) is 24.3 Å². The van der Waals surface area contributed by atoms with Crippen LogP contribution >= 0.6 is 0 Å². The van der Waals surface area contributed by atoms with Gasteiger partial charge in [-0.3, -0.25) is 9.59 Å². The Hall–Kier alpha value is -3.02. The van der Waals surface area contributed by atoms with Gasteiger partial charge in [0.15, 0.2) is 6.61 Å². The van der Waals surface area contributed by atoms with Gasteiger partial charge in [0.2, 0.25) is 5.91 Å². The second-order valence-electron chi connectivity index (χ2n) is 8.38. The summed E-state index contributed by atoms with van der Waals surface area (Å²) in [7, 11) is 0. The highest BCUT2D eigenvalue weighted by Gasteiger charge is 2.29. The van der Waals surface area contributed by atoms with Crippen LogP contribution in [-0.2, 0) is 16.1 Å². The van der Waals surface area contributed by atoms with Gasteiger partial charge in [-0.15, -0.1) is 0 Å². The van der Waals surface area contributed by atoms with Gasteiger partial charge in [-0.05, 0) is 68.4 Å². The highest BCUT2D eigenvalue weighted by atomic mass is 16.5. The first-order valence-electron chi connectivity index (χ1n) is 11.2. The van der Waals surface area contributed by atoms with E-state index in [1.165, 1.54) is 19.3 Å². The van der Waals surface area contributed by atoms with Crippen LogP contribution in [0, 0.1) is 5.92 Å². The van der Waals surface area contributed by atoms with E-state index in [1.807, 2.05) is 30.3 Å². The predicted molar refractivity (Wildman–Crippen MR) is 119 cm³/mol. The van der Waals surface area contributed by atoms with Gasteiger partial charge in [0.05, 0.1) is 6.10 Å². The first-order chi connectivity index (χ1) is 15.2. The van der Waals surface area contributed by atoms with Gasteiger partial charge in [0.1, 0.15) is 11.5 Å². The lowest BCUT2D eigenvalue weighted by atomic mass is 9.98. The average Bonchev–Trinajstić information content (AvgIpc) is 3.63.